The first kappa shape index (κ1) is 9.69. The Labute approximate surface area is 84.2 Å². The lowest BCUT2D eigenvalue weighted by Crippen LogP contribution is -2.55. The molecule has 0 bridgehead atoms. The van der Waals surface area contributed by atoms with Crippen LogP contribution in [0.15, 0.2) is 0 Å². The molecule has 2 aliphatic rings. The molecule has 0 aromatic rings. The number of amides is 1. The van der Waals surface area contributed by atoms with Crippen LogP contribution in [0.4, 0.5) is 0 Å². The lowest BCUT2D eigenvalue weighted by molar-refractivity contribution is -0.129. The highest BCUT2D eigenvalue weighted by Gasteiger charge is 2.47. The van der Waals surface area contributed by atoms with Crippen LogP contribution in [-0.4, -0.2) is 17.2 Å². The molecule has 1 amide bonds. The summed E-state index contributed by atoms with van der Waals surface area (Å²) in [5, 5.41) is 3.06. The van der Waals surface area contributed by atoms with Gasteiger partial charge in [-0.25, -0.2) is 0 Å². The van der Waals surface area contributed by atoms with Gasteiger partial charge in [0.25, 0.3) is 0 Å². The Morgan fingerprint density at radius 2 is 2.14 bits per heavy atom. The lowest BCUT2D eigenvalue weighted by Gasteiger charge is -2.38. The summed E-state index contributed by atoms with van der Waals surface area (Å²) in [6.07, 6.45) is 5.58. The van der Waals surface area contributed by atoms with Crippen molar-refractivity contribution >= 4 is 11.7 Å². The molecule has 0 unspecified atom stereocenters. The first-order valence-electron chi connectivity index (χ1n) is 5.45. The van der Waals surface area contributed by atoms with E-state index in [0.29, 0.717) is 6.42 Å². The molecule has 0 radical (unpaired) electrons. The lowest BCUT2D eigenvalue weighted by atomic mass is 9.78. The van der Waals surface area contributed by atoms with Crippen molar-refractivity contribution in [3.05, 3.63) is 0 Å². The number of Topliss-reactive ketones (excluding diaryl/α,β-unsaturated/α-hetero) is 1. The highest BCUT2D eigenvalue weighted by Crippen LogP contribution is 2.41. The molecule has 1 saturated carbocycles. The fourth-order valence-corrected chi connectivity index (χ4v) is 3.08. The van der Waals surface area contributed by atoms with E-state index < -0.39 is 0 Å². The van der Waals surface area contributed by atoms with Crippen LogP contribution in [0.3, 0.4) is 0 Å². The average molecular weight is 195 g/mol. The number of carbonyl (C=O) groups is 2. The Hall–Kier alpha value is -0.860. The molecule has 1 spiro atoms. The number of rotatable bonds is 1. The van der Waals surface area contributed by atoms with Gasteiger partial charge in [0.15, 0.2) is 0 Å². The Morgan fingerprint density at radius 3 is 2.79 bits per heavy atom. The van der Waals surface area contributed by atoms with Crippen LogP contribution >= 0.6 is 0 Å². The SMILES string of the molecule is CC(=O)[C@@H]1CCC[C@@]12CCCC(=O)N2. The molecule has 78 valence electrons. The van der Waals surface area contributed by atoms with Crippen molar-refractivity contribution in [2.24, 2.45) is 5.92 Å². The van der Waals surface area contributed by atoms with Gasteiger partial charge in [0.1, 0.15) is 5.78 Å². The zero-order valence-electron chi connectivity index (χ0n) is 8.64. The van der Waals surface area contributed by atoms with E-state index in [9.17, 15) is 9.59 Å². The average Bonchev–Trinajstić information content (AvgIpc) is 2.48. The quantitative estimate of drug-likeness (QED) is 0.687. The normalized spacial score (nSPS) is 37.2. The second kappa shape index (κ2) is 3.37. The van der Waals surface area contributed by atoms with E-state index in [1.807, 2.05) is 0 Å². The van der Waals surface area contributed by atoms with Crippen LogP contribution in [0.5, 0.6) is 0 Å². The Balaban J connectivity index is 2.20. The Kier molecular flexibility index (Phi) is 2.33. The van der Waals surface area contributed by atoms with E-state index in [4.69, 9.17) is 0 Å². The third-order valence-electron chi connectivity index (χ3n) is 3.69. The maximum absolute atomic E-state index is 11.5. The van der Waals surface area contributed by atoms with E-state index >= 15 is 0 Å². The number of carbonyl (C=O) groups excluding carboxylic acids is 2. The van der Waals surface area contributed by atoms with Gasteiger partial charge in [-0.3, -0.25) is 9.59 Å². The molecule has 1 aliphatic carbocycles. The number of nitrogens with one attached hydrogen (secondary N) is 1. The molecule has 1 N–H and O–H groups in total. The van der Waals surface area contributed by atoms with Crippen molar-refractivity contribution in [3.8, 4) is 0 Å². The van der Waals surface area contributed by atoms with Gasteiger partial charge in [-0.05, 0) is 32.6 Å². The molecule has 2 fully saturated rings. The van der Waals surface area contributed by atoms with E-state index in [1.165, 1.54) is 0 Å². The number of ketones is 1. The third-order valence-corrected chi connectivity index (χ3v) is 3.69. The minimum absolute atomic E-state index is 0.0757. The summed E-state index contributed by atoms with van der Waals surface area (Å²) in [5.74, 6) is 0.445. The van der Waals surface area contributed by atoms with Crippen molar-refractivity contribution < 1.29 is 9.59 Å². The van der Waals surface area contributed by atoms with Crippen LogP contribution in [0.25, 0.3) is 0 Å². The van der Waals surface area contributed by atoms with E-state index in [1.54, 1.807) is 6.92 Å². The minimum Gasteiger partial charge on any atom is -0.350 e. The summed E-state index contributed by atoms with van der Waals surface area (Å²) >= 11 is 0. The Bertz CT molecular complexity index is 274. The second-order valence-corrected chi connectivity index (χ2v) is 4.61. The van der Waals surface area contributed by atoms with Crippen molar-refractivity contribution in [2.45, 2.75) is 51.0 Å². The standard InChI is InChI=1S/C11H17NO2/c1-8(13)9-4-2-6-11(9)7-3-5-10(14)12-11/h9H,2-7H2,1H3,(H,12,14)/t9-,11+/m0/s1. The van der Waals surface area contributed by atoms with Crippen LogP contribution in [0.2, 0.25) is 0 Å². The molecule has 2 atom stereocenters. The molecule has 0 aromatic heterocycles. The molecular formula is C11H17NO2. The molecule has 3 nitrogen and oxygen atoms in total. The maximum Gasteiger partial charge on any atom is 0.220 e. The molecule has 3 heteroatoms. The molecule has 1 heterocycles. The summed E-state index contributed by atoms with van der Waals surface area (Å²) in [6, 6.07) is 0. The van der Waals surface area contributed by atoms with Gasteiger partial charge in [0, 0.05) is 17.9 Å². The predicted molar refractivity (Wildman–Crippen MR) is 52.7 cm³/mol. The minimum atomic E-state index is -0.166. The highest BCUT2D eigenvalue weighted by molar-refractivity contribution is 5.83. The van der Waals surface area contributed by atoms with Crippen LogP contribution in [0.1, 0.15) is 45.4 Å². The molecule has 14 heavy (non-hydrogen) atoms. The largest absolute Gasteiger partial charge is 0.350 e. The predicted octanol–water partition coefficient (Wildman–Crippen LogP) is 1.41. The second-order valence-electron chi connectivity index (χ2n) is 4.61. The van der Waals surface area contributed by atoms with Crippen molar-refractivity contribution in [2.75, 3.05) is 0 Å². The Morgan fingerprint density at radius 1 is 1.43 bits per heavy atom. The first-order chi connectivity index (χ1) is 6.64. The summed E-state index contributed by atoms with van der Waals surface area (Å²) in [5.41, 5.74) is -0.166. The fraction of sp³-hybridized carbons (Fsp3) is 0.818. The molecule has 2 rings (SSSR count). The van der Waals surface area contributed by atoms with Gasteiger partial charge in [-0.2, -0.15) is 0 Å². The van der Waals surface area contributed by atoms with Crippen LogP contribution in [0, 0.1) is 5.92 Å². The molecule has 1 aliphatic heterocycles. The van der Waals surface area contributed by atoms with Crippen LogP contribution < -0.4 is 5.32 Å². The smallest absolute Gasteiger partial charge is 0.220 e. The zero-order valence-corrected chi connectivity index (χ0v) is 8.64. The molecule has 0 aromatic carbocycles. The topological polar surface area (TPSA) is 46.2 Å². The summed E-state index contributed by atoms with van der Waals surface area (Å²) in [7, 11) is 0. The van der Waals surface area contributed by atoms with E-state index in [-0.39, 0.29) is 23.1 Å². The van der Waals surface area contributed by atoms with Gasteiger partial charge in [0.05, 0.1) is 0 Å². The number of piperidine rings is 1. The van der Waals surface area contributed by atoms with Crippen molar-refractivity contribution in [1.82, 2.24) is 5.32 Å². The van der Waals surface area contributed by atoms with Gasteiger partial charge >= 0.3 is 0 Å². The van der Waals surface area contributed by atoms with Gasteiger partial charge in [-0.1, -0.05) is 6.42 Å². The van der Waals surface area contributed by atoms with Crippen molar-refractivity contribution in [1.29, 1.82) is 0 Å². The van der Waals surface area contributed by atoms with Crippen LogP contribution in [-0.2, 0) is 9.59 Å². The van der Waals surface area contributed by atoms with E-state index in [0.717, 1.165) is 32.1 Å². The van der Waals surface area contributed by atoms with E-state index in [2.05, 4.69) is 5.32 Å². The highest BCUT2D eigenvalue weighted by atomic mass is 16.2. The summed E-state index contributed by atoms with van der Waals surface area (Å²) < 4.78 is 0. The molecule has 1 saturated heterocycles. The van der Waals surface area contributed by atoms with Crippen molar-refractivity contribution in [3.63, 3.8) is 0 Å². The first-order valence-corrected chi connectivity index (χ1v) is 5.45. The maximum atomic E-state index is 11.5. The van der Waals surface area contributed by atoms with Gasteiger partial charge < -0.3 is 5.32 Å². The van der Waals surface area contributed by atoms with Gasteiger partial charge in [0.2, 0.25) is 5.91 Å². The summed E-state index contributed by atoms with van der Waals surface area (Å²) in [6.45, 7) is 1.65. The van der Waals surface area contributed by atoms with Gasteiger partial charge in [-0.15, -0.1) is 0 Å². The fourth-order valence-electron chi connectivity index (χ4n) is 3.08. The number of hydrogen-bond acceptors (Lipinski definition) is 2. The third kappa shape index (κ3) is 1.45. The zero-order chi connectivity index (χ0) is 10.2. The summed E-state index contributed by atoms with van der Waals surface area (Å²) in [4.78, 5) is 22.8. The monoisotopic (exact) mass is 195 g/mol. The molecular weight excluding hydrogens is 178 g/mol. The number of hydrogen-bond donors (Lipinski definition) is 1.